The first-order chi connectivity index (χ1) is 7.66. The molecule has 0 aliphatic rings. The number of benzene rings is 1. The summed E-state index contributed by atoms with van der Waals surface area (Å²) < 4.78 is 2.52. The number of amides is 1. The lowest BCUT2D eigenvalue weighted by Gasteiger charge is -2.06. The van der Waals surface area contributed by atoms with Crippen LogP contribution in [0.15, 0.2) is 42.7 Å². The summed E-state index contributed by atoms with van der Waals surface area (Å²) in [6.07, 6.45) is 3.51. The van der Waals surface area contributed by atoms with Gasteiger partial charge in [-0.15, -0.1) is 0 Å². The number of carbonyl (C=O) groups is 1. The van der Waals surface area contributed by atoms with Crippen LogP contribution < -0.4 is 5.43 Å². The molecule has 5 heteroatoms. The van der Waals surface area contributed by atoms with E-state index in [0.29, 0.717) is 10.6 Å². The van der Waals surface area contributed by atoms with Crippen LogP contribution in [0.2, 0.25) is 5.02 Å². The first kappa shape index (κ1) is 11.5. The molecule has 16 heavy (non-hydrogen) atoms. The second-order valence-electron chi connectivity index (χ2n) is 3.16. The van der Waals surface area contributed by atoms with E-state index in [1.54, 1.807) is 29.2 Å². The van der Waals surface area contributed by atoms with Gasteiger partial charge in [-0.3, -0.25) is 14.9 Å². The van der Waals surface area contributed by atoms with Crippen molar-refractivity contribution >= 4 is 40.1 Å². The highest BCUT2D eigenvalue weighted by molar-refractivity contribution is 14.1. The lowest BCUT2D eigenvalue weighted by Crippen LogP contribution is -2.21. The third kappa shape index (κ3) is 2.56. The average Bonchev–Trinajstić information content (AvgIpc) is 2.74. The van der Waals surface area contributed by atoms with E-state index in [2.05, 4.69) is 28.0 Å². The van der Waals surface area contributed by atoms with Gasteiger partial charge in [0.05, 0.1) is 5.02 Å². The molecule has 1 N–H and O–H groups in total. The minimum Gasteiger partial charge on any atom is -0.268 e. The Labute approximate surface area is 112 Å². The van der Waals surface area contributed by atoms with Gasteiger partial charge in [0, 0.05) is 21.5 Å². The topological polar surface area (TPSA) is 34.0 Å². The van der Waals surface area contributed by atoms with Gasteiger partial charge >= 0.3 is 0 Å². The lowest BCUT2D eigenvalue weighted by molar-refractivity contribution is 0.101. The number of nitrogens with zero attached hydrogens (tertiary/aromatic N) is 1. The summed E-state index contributed by atoms with van der Waals surface area (Å²) in [5.41, 5.74) is 3.24. The van der Waals surface area contributed by atoms with E-state index in [1.807, 2.05) is 18.2 Å². The Hall–Kier alpha value is -1.01. The Morgan fingerprint density at radius 3 is 2.62 bits per heavy atom. The summed E-state index contributed by atoms with van der Waals surface area (Å²) in [6.45, 7) is 0. The fourth-order valence-corrected chi connectivity index (χ4v) is 1.74. The fourth-order valence-electron chi connectivity index (χ4n) is 1.23. The van der Waals surface area contributed by atoms with Crippen LogP contribution in [0.4, 0.5) is 0 Å². The molecular formula is C11H8ClIN2O. The molecule has 0 aliphatic carbocycles. The molecule has 0 saturated heterocycles. The van der Waals surface area contributed by atoms with Crippen molar-refractivity contribution in [2.75, 3.05) is 5.43 Å². The number of hydrogen-bond donors (Lipinski definition) is 1. The highest BCUT2D eigenvalue weighted by Gasteiger charge is 2.07. The van der Waals surface area contributed by atoms with Crippen molar-refractivity contribution in [1.82, 2.24) is 4.68 Å². The molecule has 0 atom stereocenters. The standard InChI is InChI=1S/C11H8ClIN2O/c12-9-7-8(3-4-10(9)13)11(16)14-15-5-1-2-6-15/h1-7H,(H,14,16). The van der Waals surface area contributed by atoms with Crippen LogP contribution >= 0.6 is 34.2 Å². The van der Waals surface area contributed by atoms with Crippen LogP contribution in [0, 0.1) is 3.57 Å². The van der Waals surface area contributed by atoms with Crippen LogP contribution in [-0.2, 0) is 0 Å². The first-order valence-electron chi connectivity index (χ1n) is 4.56. The zero-order chi connectivity index (χ0) is 11.5. The molecule has 82 valence electrons. The van der Waals surface area contributed by atoms with Gasteiger partial charge in [-0.05, 0) is 52.9 Å². The second-order valence-corrected chi connectivity index (χ2v) is 4.73. The molecule has 0 spiro atoms. The molecular weight excluding hydrogens is 338 g/mol. The summed E-state index contributed by atoms with van der Waals surface area (Å²) in [7, 11) is 0. The molecule has 1 heterocycles. The van der Waals surface area contributed by atoms with Gasteiger partial charge in [0.2, 0.25) is 0 Å². The van der Waals surface area contributed by atoms with Crippen molar-refractivity contribution in [2.24, 2.45) is 0 Å². The van der Waals surface area contributed by atoms with Crippen LogP contribution in [0.5, 0.6) is 0 Å². The third-order valence-electron chi connectivity index (χ3n) is 2.02. The number of aromatic nitrogens is 1. The molecule has 0 radical (unpaired) electrons. The Balaban J connectivity index is 2.18. The maximum Gasteiger partial charge on any atom is 0.270 e. The Kier molecular flexibility index (Phi) is 3.50. The molecule has 0 bridgehead atoms. The number of carbonyl (C=O) groups excluding carboxylic acids is 1. The molecule has 0 aliphatic heterocycles. The summed E-state index contributed by atoms with van der Waals surface area (Å²) in [5, 5.41) is 0.584. The molecule has 1 aromatic carbocycles. The van der Waals surface area contributed by atoms with Gasteiger partial charge in [0.1, 0.15) is 0 Å². The minimum absolute atomic E-state index is 0.186. The summed E-state index contributed by atoms with van der Waals surface area (Å²) >= 11 is 8.06. The van der Waals surface area contributed by atoms with E-state index in [9.17, 15) is 4.79 Å². The van der Waals surface area contributed by atoms with Gasteiger partial charge < -0.3 is 0 Å². The van der Waals surface area contributed by atoms with Crippen LogP contribution in [0.3, 0.4) is 0 Å². The predicted molar refractivity (Wildman–Crippen MR) is 72.3 cm³/mol. The maximum atomic E-state index is 11.8. The van der Waals surface area contributed by atoms with Crippen molar-refractivity contribution in [3.63, 3.8) is 0 Å². The molecule has 0 unspecified atom stereocenters. The summed E-state index contributed by atoms with van der Waals surface area (Å²) in [6, 6.07) is 8.88. The summed E-state index contributed by atoms with van der Waals surface area (Å²) in [4.78, 5) is 11.8. The number of hydrogen-bond acceptors (Lipinski definition) is 1. The van der Waals surface area contributed by atoms with Crippen LogP contribution in [0.1, 0.15) is 10.4 Å². The second kappa shape index (κ2) is 4.88. The van der Waals surface area contributed by atoms with E-state index in [-0.39, 0.29) is 5.91 Å². The molecule has 1 amide bonds. The Bertz CT molecular complexity index is 511. The average molecular weight is 347 g/mol. The van der Waals surface area contributed by atoms with Gasteiger partial charge in [-0.2, -0.15) is 0 Å². The van der Waals surface area contributed by atoms with Gasteiger partial charge in [-0.25, -0.2) is 0 Å². The molecule has 0 fully saturated rings. The zero-order valence-electron chi connectivity index (χ0n) is 8.15. The number of halogens is 2. The molecule has 2 aromatic rings. The van der Waals surface area contributed by atoms with E-state index in [1.165, 1.54) is 0 Å². The normalized spacial score (nSPS) is 10.1. The lowest BCUT2D eigenvalue weighted by atomic mass is 10.2. The summed E-state index contributed by atoms with van der Waals surface area (Å²) in [5.74, 6) is -0.186. The van der Waals surface area contributed by atoms with Gasteiger partial charge in [0.25, 0.3) is 5.91 Å². The smallest absolute Gasteiger partial charge is 0.268 e. The monoisotopic (exact) mass is 346 g/mol. The highest BCUT2D eigenvalue weighted by Crippen LogP contribution is 2.19. The minimum atomic E-state index is -0.186. The van der Waals surface area contributed by atoms with Crippen molar-refractivity contribution in [3.05, 3.63) is 56.9 Å². The van der Waals surface area contributed by atoms with E-state index < -0.39 is 0 Å². The number of rotatable bonds is 2. The molecule has 0 saturated carbocycles. The predicted octanol–water partition coefficient (Wildman–Crippen LogP) is 3.13. The van der Waals surface area contributed by atoms with E-state index in [0.717, 1.165) is 3.57 Å². The zero-order valence-corrected chi connectivity index (χ0v) is 11.1. The first-order valence-corrected chi connectivity index (χ1v) is 6.02. The van der Waals surface area contributed by atoms with Crippen molar-refractivity contribution in [2.45, 2.75) is 0 Å². The molecule has 2 rings (SSSR count). The fraction of sp³-hybridized carbons (Fsp3) is 0. The van der Waals surface area contributed by atoms with Crippen molar-refractivity contribution < 1.29 is 4.79 Å². The van der Waals surface area contributed by atoms with Crippen LogP contribution in [-0.4, -0.2) is 10.6 Å². The van der Waals surface area contributed by atoms with Gasteiger partial charge in [0.15, 0.2) is 0 Å². The maximum absolute atomic E-state index is 11.8. The number of nitrogens with one attached hydrogen (secondary N) is 1. The van der Waals surface area contributed by atoms with Crippen LogP contribution in [0.25, 0.3) is 0 Å². The SMILES string of the molecule is O=C(Nn1cccc1)c1ccc(I)c(Cl)c1. The molecule has 1 aromatic heterocycles. The largest absolute Gasteiger partial charge is 0.270 e. The molecule has 3 nitrogen and oxygen atoms in total. The Morgan fingerprint density at radius 2 is 2.00 bits per heavy atom. The van der Waals surface area contributed by atoms with Gasteiger partial charge in [-0.1, -0.05) is 11.6 Å². The highest BCUT2D eigenvalue weighted by atomic mass is 127. The van der Waals surface area contributed by atoms with E-state index in [4.69, 9.17) is 11.6 Å². The van der Waals surface area contributed by atoms with Crippen molar-refractivity contribution in [1.29, 1.82) is 0 Å². The van der Waals surface area contributed by atoms with E-state index >= 15 is 0 Å². The third-order valence-corrected chi connectivity index (χ3v) is 3.59. The Morgan fingerprint density at radius 1 is 1.31 bits per heavy atom. The quantitative estimate of drug-likeness (QED) is 0.833. The van der Waals surface area contributed by atoms with Crippen molar-refractivity contribution in [3.8, 4) is 0 Å².